The van der Waals surface area contributed by atoms with Crippen LogP contribution in [0.5, 0.6) is 0 Å². The molecule has 0 aliphatic heterocycles. The van der Waals surface area contributed by atoms with E-state index in [0.717, 1.165) is 6.54 Å². The van der Waals surface area contributed by atoms with Crippen LogP contribution in [-0.4, -0.2) is 36.5 Å². The highest BCUT2D eigenvalue weighted by Gasteiger charge is 2.14. The summed E-state index contributed by atoms with van der Waals surface area (Å²) in [5.41, 5.74) is 1.28. The van der Waals surface area contributed by atoms with Gasteiger partial charge < -0.3 is 15.1 Å². The van der Waals surface area contributed by atoms with Crippen molar-refractivity contribution < 1.29 is 15.1 Å². The van der Waals surface area contributed by atoms with E-state index in [-0.39, 0.29) is 13.2 Å². The van der Waals surface area contributed by atoms with Gasteiger partial charge in [0, 0.05) is 5.56 Å². The van der Waals surface area contributed by atoms with Crippen LogP contribution in [0.1, 0.15) is 5.56 Å². The first kappa shape index (κ1) is 15.3. The summed E-state index contributed by atoms with van der Waals surface area (Å²) in [5.74, 6) is 0. The number of aliphatic hydroxyl groups excluding tert-OH is 2. The summed E-state index contributed by atoms with van der Waals surface area (Å²) in [6.07, 6.45) is 0. The van der Waals surface area contributed by atoms with E-state index in [1.165, 1.54) is 42.8 Å². The zero-order chi connectivity index (χ0) is 16.5. The number of hydrogen-bond donors (Lipinski definition) is 3. The van der Waals surface area contributed by atoms with Crippen LogP contribution >= 0.6 is 0 Å². The lowest BCUT2D eigenvalue weighted by Crippen LogP contribution is -3.11. The number of hydrogen-bond acceptors (Lipinski definition) is 2. The van der Waals surface area contributed by atoms with Gasteiger partial charge in [0.1, 0.15) is 19.6 Å². The van der Waals surface area contributed by atoms with Gasteiger partial charge in [0.2, 0.25) is 0 Å². The molecule has 0 atom stereocenters. The topological polar surface area (TPSA) is 44.9 Å². The lowest BCUT2D eigenvalue weighted by atomic mass is 9.92. The van der Waals surface area contributed by atoms with E-state index in [0.29, 0.717) is 13.1 Å². The SMILES string of the molecule is OCC[NH+](CCO)Cc1ccc2ccc3cccc4ccc1c2c34. The predicted molar refractivity (Wildman–Crippen MR) is 98.7 cm³/mol. The Labute approximate surface area is 141 Å². The first-order chi connectivity index (χ1) is 11.8. The van der Waals surface area contributed by atoms with Crippen LogP contribution in [0.25, 0.3) is 32.3 Å². The van der Waals surface area contributed by atoms with Crippen molar-refractivity contribution in [2.45, 2.75) is 6.54 Å². The molecule has 4 rings (SSSR count). The van der Waals surface area contributed by atoms with Crippen LogP contribution in [0.4, 0.5) is 0 Å². The smallest absolute Gasteiger partial charge is 0.104 e. The maximum Gasteiger partial charge on any atom is 0.104 e. The van der Waals surface area contributed by atoms with Crippen molar-refractivity contribution in [3.05, 3.63) is 60.2 Å². The Morgan fingerprint density at radius 2 is 1.25 bits per heavy atom. The monoisotopic (exact) mass is 320 g/mol. The molecule has 24 heavy (non-hydrogen) atoms. The molecule has 0 unspecified atom stereocenters. The fourth-order valence-electron chi connectivity index (χ4n) is 3.84. The van der Waals surface area contributed by atoms with Gasteiger partial charge in [0.15, 0.2) is 0 Å². The van der Waals surface area contributed by atoms with Crippen molar-refractivity contribution >= 4 is 32.3 Å². The standard InChI is InChI=1S/C21H21NO2/c23-12-10-22(11-13-24)14-18-7-6-17-5-4-15-2-1-3-16-8-9-19(18)21(17)20(15)16/h1-9,23-24H,10-14H2/p+1. The highest BCUT2D eigenvalue weighted by Crippen LogP contribution is 2.35. The molecule has 0 fully saturated rings. The van der Waals surface area contributed by atoms with E-state index in [9.17, 15) is 10.2 Å². The van der Waals surface area contributed by atoms with Crippen molar-refractivity contribution in [3.8, 4) is 0 Å². The maximum atomic E-state index is 9.27. The minimum absolute atomic E-state index is 0.140. The Bertz CT molecular complexity index is 958. The molecule has 0 aliphatic carbocycles. The number of nitrogens with one attached hydrogen (secondary N) is 1. The van der Waals surface area contributed by atoms with Gasteiger partial charge in [-0.25, -0.2) is 0 Å². The van der Waals surface area contributed by atoms with Gasteiger partial charge in [0.25, 0.3) is 0 Å². The van der Waals surface area contributed by atoms with Crippen molar-refractivity contribution in [2.75, 3.05) is 26.3 Å². The largest absolute Gasteiger partial charge is 0.391 e. The first-order valence-electron chi connectivity index (χ1n) is 8.52. The predicted octanol–water partition coefficient (Wildman–Crippen LogP) is 1.95. The second-order valence-corrected chi connectivity index (χ2v) is 6.45. The van der Waals surface area contributed by atoms with Gasteiger partial charge in [0.05, 0.1) is 13.2 Å². The van der Waals surface area contributed by atoms with E-state index in [1.54, 1.807) is 0 Å². The van der Waals surface area contributed by atoms with E-state index < -0.39 is 0 Å². The molecule has 0 heterocycles. The molecule has 3 heteroatoms. The zero-order valence-corrected chi connectivity index (χ0v) is 13.6. The third-order valence-corrected chi connectivity index (χ3v) is 4.99. The summed E-state index contributed by atoms with van der Waals surface area (Å²) >= 11 is 0. The molecule has 122 valence electrons. The summed E-state index contributed by atoms with van der Waals surface area (Å²) < 4.78 is 0. The molecular weight excluding hydrogens is 298 g/mol. The normalized spacial score (nSPS) is 12.1. The average Bonchev–Trinajstić information content (AvgIpc) is 2.61. The van der Waals surface area contributed by atoms with Crippen molar-refractivity contribution in [1.29, 1.82) is 0 Å². The average molecular weight is 320 g/mol. The van der Waals surface area contributed by atoms with Crippen LogP contribution in [0, 0.1) is 0 Å². The highest BCUT2D eigenvalue weighted by molar-refractivity contribution is 6.23. The Hall–Kier alpha value is -2.20. The van der Waals surface area contributed by atoms with Crippen molar-refractivity contribution in [1.82, 2.24) is 0 Å². The Kier molecular flexibility index (Phi) is 4.07. The van der Waals surface area contributed by atoms with E-state index >= 15 is 0 Å². The molecule has 0 aliphatic rings. The fourth-order valence-corrected chi connectivity index (χ4v) is 3.84. The summed E-state index contributed by atoms with van der Waals surface area (Å²) in [5, 5.41) is 26.3. The number of aliphatic hydroxyl groups is 2. The van der Waals surface area contributed by atoms with Gasteiger partial charge in [-0.1, -0.05) is 54.6 Å². The molecule has 0 saturated carbocycles. The molecule has 4 aromatic rings. The lowest BCUT2D eigenvalue weighted by molar-refractivity contribution is -0.914. The molecule has 0 saturated heterocycles. The van der Waals surface area contributed by atoms with Gasteiger partial charge in [-0.2, -0.15) is 0 Å². The number of rotatable bonds is 6. The fraction of sp³-hybridized carbons (Fsp3) is 0.238. The lowest BCUT2D eigenvalue weighted by Gasteiger charge is -2.19. The molecule has 0 spiro atoms. The molecule has 4 aromatic carbocycles. The second-order valence-electron chi connectivity index (χ2n) is 6.45. The maximum absolute atomic E-state index is 9.27. The van der Waals surface area contributed by atoms with Crippen LogP contribution in [-0.2, 0) is 6.54 Å². The molecule has 0 radical (unpaired) electrons. The Morgan fingerprint density at radius 1 is 0.667 bits per heavy atom. The highest BCUT2D eigenvalue weighted by atomic mass is 16.3. The molecule has 0 aromatic heterocycles. The Morgan fingerprint density at radius 3 is 1.92 bits per heavy atom. The second kappa shape index (κ2) is 6.36. The van der Waals surface area contributed by atoms with Gasteiger partial charge in [-0.3, -0.25) is 0 Å². The summed E-state index contributed by atoms with van der Waals surface area (Å²) in [6, 6.07) is 19.6. The van der Waals surface area contributed by atoms with Crippen LogP contribution in [0.15, 0.2) is 54.6 Å². The zero-order valence-electron chi connectivity index (χ0n) is 13.6. The molecule has 3 N–H and O–H groups in total. The van der Waals surface area contributed by atoms with E-state index in [1.807, 2.05) is 0 Å². The number of quaternary nitrogens is 1. The van der Waals surface area contributed by atoms with E-state index in [4.69, 9.17) is 0 Å². The van der Waals surface area contributed by atoms with Crippen molar-refractivity contribution in [2.24, 2.45) is 0 Å². The quantitative estimate of drug-likeness (QED) is 0.476. The summed E-state index contributed by atoms with van der Waals surface area (Å²) in [7, 11) is 0. The minimum atomic E-state index is 0.140. The molecule has 3 nitrogen and oxygen atoms in total. The minimum Gasteiger partial charge on any atom is -0.391 e. The van der Waals surface area contributed by atoms with Crippen molar-refractivity contribution in [3.63, 3.8) is 0 Å². The molecule has 0 amide bonds. The van der Waals surface area contributed by atoms with Crippen LogP contribution in [0.3, 0.4) is 0 Å². The summed E-state index contributed by atoms with van der Waals surface area (Å²) in [4.78, 5) is 1.20. The van der Waals surface area contributed by atoms with Gasteiger partial charge in [-0.15, -0.1) is 0 Å². The molecule has 0 bridgehead atoms. The molecular formula is C21H22NO2+. The van der Waals surface area contributed by atoms with E-state index in [2.05, 4.69) is 54.6 Å². The summed E-state index contributed by atoms with van der Waals surface area (Å²) in [6.45, 7) is 2.41. The third kappa shape index (κ3) is 2.51. The third-order valence-electron chi connectivity index (χ3n) is 4.99. The van der Waals surface area contributed by atoms with Gasteiger partial charge >= 0.3 is 0 Å². The van der Waals surface area contributed by atoms with Crippen LogP contribution < -0.4 is 4.90 Å². The first-order valence-corrected chi connectivity index (χ1v) is 8.52. The number of benzene rings is 4. The van der Waals surface area contributed by atoms with Crippen LogP contribution in [0.2, 0.25) is 0 Å². The van der Waals surface area contributed by atoms with Gasteiger partial charge in [-0.05, 0) is 32.3 Å². The Balaban J connectivity index is 1.90.